The van der Waals surface area contributed by atoms with Crippen LogP contribution in [0.15, 0.2) is 18.2 Å². The van der Waals surface area contributed by atoms with Crippen molar-refractivity contribution in [2.45, 2.75) is 32.2 Å². The van der Waals surface area contributed by atoms with E-state index >= 15 is 0 Å². The van der Waals surface area contributed by atoms with E-state index in [1.165, 1.54) is 25.0 Å². The van der Waals surface area contributed by atoms with E-state index in [1.54, 1.807) is 0 Å². The summed E-state index contributed by atoms with van der Waals surface area (Å²) in [5.41, 5.74) is 6.57. The summed E-state index contributed by atoms with van der Waals surface area (Å²) in [6, 6.07) is 3.23. The molecule has 0 aromatic heterocycles. The molecule has 1 aliphatic heterocycles. The topological polar surface area (TPSA) is 29.3 Å². The third-order valence-corrected chi connectivity index (χ3v) is 3.81. The highest BCUT2D eigenvalue weighted by molar-refractivity contribution is 5.21. The van der Waals surface area contributed by atoms with Crippen LogP contribution in [0.4, 0.5) is 8.78 Å². The van der Waals surface area contributed by atoms with Crippen molar-refractivity contribution in [2.24, 2.45) is 11.7 Å². The van der Waals surface area contributed by atoms with Gasteiger partial charge in [0.25, 0.3) is 0 Å². The fourth-order valence-electron chi connectivity index (χ4n) is 2.77. The monoisotopic (exact) mass is 268 g/mol. The van der Waals surface area contributed by atoms with Gasteiger partial charge in [-0.3, -0.25) is 0 Å². The maximum Gasteiger partial charge on any atom is 0.126 e. The van der Waals surface area contributed by atoms with Crippen molar-refractivity contribution < 1.29 is 8.78 Å². The van der Waals surface area contributed by atoms with Crippen molar-refractivity contribution in [1.82, 2.24) is 4.90 Å². The Morgan fingerprint density at radius 2 is 2.00 bits per heavy atom. The van der Waals surface area contributed by atoms with Crippen molar-refractivity contribution in [3.05, 3.63) is 35.4 Å². The molecule has 1 aliphatic rings. The van der Waals surface area contributed by atoms with Gasteiger partial charge in [-0.05, 0) is 56.0 Å². The van der Waals surface area contributed by atoms with E-state index in [0.717, 1.165) is 38.0 Å². The third kappa shape index (κ3) is 4.25. The lowest BCUT2D eigenvalue weighted by atomic mass is 9.99. The molecule has 0 saturated carbocycles. The molecule has 106 valence electrons. The standard InChI is InChI=1S/C15H22F2N2/c1-11-3-2-5-19(10-11)6-4-15(18)12-7-13(16)9-14(17)8-12/h7-9,11,15H,2-6,10,18H2,1H3. The number of halogens is 2. The first-order valence-electron chi connectivity index (χ1n) is 6.98. The molecular formula is C15H22F2N2. The number of likely N-dealkylation sites (tertiary alicyclic amines) is 1. The molecule has 19 heavy (non-hydrogen) atoms. The molecule has 2 unspecified atom stereocenters. The van der Waals surface area contributed by atoms with Gasteiger partial charge in [-0.1, -0.05) is 6.92 Å². The molecule has 2 nitrogen and oxygen atoms in total. The number of piperidine rings is 1. The van der Waals surface area contributed by atoms with Gasteiger partial charge < -0.3 is 10.6 Å². The molecule has 2 rings (SSSR count). The molecule has 0 aliphatic carbocycles. The van der Waals surface area contributed by atoms with Gasteiger partial charge in [-0.15, -0.1) is 0 Å². The van der Waals surface area contributed by atoms with Crippen molar-refractivity contribution in [3.63, 3.8) is 0 Å². The molecule has 1 fully saturated rings. The summed E-state index contributed by atoms with van der Waals surface area (Å²) in [7, 11) is 0. The molecule has 2 atom stereocenters. The minimum absolute atomic E-state index is 0.303. The minimum atomic E-state index is -0.558. The maximum absolute atomic E-state index is 13.1. The van der Waals surface area contributed by atoms with Crippen molar-refractivity contribution in [3.8, 4) is 0 Å². The van der Waals surface area contributed by atoms with Crippen LogP contribution in [0, 0.1) is 17.6 Å². The van der Waals surface area contributed by atoms with Crippen LogP contribution in [0.25, 0.3) is 0 Å². The van der Waals surface area contributed by atoms with Crippen LogP contribution >= 0.6 is 0 Å². The molecule has 1 aromatic carbocycles. The van der Waals surface area contributed by atoms with Gasteiger partial charge in [0.2, 0.25) is 0 Å². The average molecular weight is 268 g/mol. The molecule has 0 spiro atoms. The third-order valence-electron chi connectivity index (χ3n) is 3.81. The van der Waals surface area contributed by atoms with Crippen LogP contribution in [-0.2, 0) is 0 Å². The maximum atomic E-state index is 13.1. The largest absolute Gasteiger partial charge is 0.324 e. The predicted molar refractivity (Wildman–Crippen MR) is 72.7 cm³/mol. The average Bonchev–Trinajstić information content (AvgIpc) is 2.35. The van der Waals surface area contributed by atoms with E-state index in [1.807, 2.05) is 0 Å². The number of benzene rings is 1. The number of rotatable bonds is 4. The Morgan fingerprint density at radius 3 is 2.63 bits per heavy atom. The van der Waals surface area contributed by atoms with E-state index in [9.17, 15) is 8.78 Å². The Hall–Kier alpha value is -1.00. The number of hydrogen-bond acceptors (Lipinski definition) is 2. The Bertz CT molecular complexity index is 402. The minimum Gasteiger partial charge on any atom is -0.324 e. The second-order valence-electron chi connectivity index (χ2n) is 5.65. The smallest absolute Gasteiger partial charge is 0.126 e. The van der Waals surface area contributed by atoms with E-state index in [2.05, 4.69) is 11.8 Å². The Balaban J connectivity index is 1.88. The summed E-state index contributed by atoms with van der Waals surface area (Å²) in [4.78, 5) is 2.39. The highest BCUT2D eigenvalue weighted by atomic mass is 19.1. The summed E-state index contributed by atoms with van der Waals surface area (Å²) < 4.78 is 26.3. The molecule has 4 heteroatoms. The fourth-order valence-corrected chi connectivity index (χ4v) is 2.77. The second kappa shape index (κ2) is 6.44. The van der Waals surface area contributed by atoms with Gasteiger partial charge in [0.05, 0.1) is 0 Å². The zero-order chi connectivity index (χ0) is 13.8. The summed E-state index contributed by atoms with van der Waals surface area (Å²) in [5, 5.41) is 0. The van der Waals surface area contributed by atoms with Crippen LogP contribution in [0.3, 0.4) is 0 Å². The predicted octanol–water partition coefficient (Wildman–Crippen LogP) is 3.09. The summed E-state index contributed by atoms with van der Waals surface area (Å²) >= 11 is 0. The number of nitrogens with zero attached hydrogens (tertiary/aromatic N) is 1. The summed E-state index contributed by atoms with van der Waals surface area (Å²) in [5.74, 6) is -0.384. The van der Waals surface area contributed by atoms with Crippen LogP contribution in [-0.4, -0.2) is 24.5 Å². The van der Waals surface area contributed by atoms with Crippen molar-refractivity contribution >= 4 is 0 Å². The second-order valence-corrected chi connectivity index (χ2v) is 5.65. The Kier molecular flexibility index (Phi) is 4.88. The van der Waals surface area contributed by atoms with E-state index in [0.29, 0.717) is 5.56 Å². The normalized spacial score (nSPS) is 22.4. The summed E-state index contributed by atoms with van der Waals surface area (Å²) in [6.45, 7) is 5.36. The van der Waals surface area contributed by atoms with Crippen LogP contribution < -0.4 is 5.73 Å². The van der Waals surface area contributed by atoms with Crippen LogP contribution in [0.5, 0.6) is 0 Å². The first kappa shape index (κ1) is 14.4. The quantitative estimate of drug-likeness (QED) is 0.909. The number of hydrogen-bond donors (Lipinski definition) is 1. The zero-order valence-electron chi connectivity index (χ0n) is 11.4. The summed E-state index contributed by atoms with van der Waals surface area (Å²) in [6.07, 6.45) is 3.25. The lowest BCUT2D eigenvalue weighted by molar-refractivity contribution is 0.178. The fraction of sp³-hybridized carbons (Fsp3) is 0.600. The molecule has 0 bridgehead atoms. The number of nitrogens with two attached hydrogens (primary N) is 1. The molecule has 1 saturated heterocycles. The van der Waals surface area contributed by atoms with E-state index in [-0.39, 0.29) is 6.04 Å². The highest BCUT2D eigenvalue weighted by Crippen LogP contribution is 2.20. The molecule has 1 aromatic rings. The Labute approximate surface area is 113 Å². The highest BCUT2D eigenvalue weighted by Gasteiger charge is 2.17. The lowest BCUT2D eigenvalue weighted by Gasteiger charge is -2.31. The van der Waals surface area contributed by atoms with E-state index in [4.69, 9.17) is 5.73 Å². The van der Waals surface area contributed by atoms with Gasteiger partial charge in [-0.2, -0.15) is 0 Å². The van der Waals surface area contributed by atoms with Crippen molar-refractivity contribution in [1.29, 1.82) is 0 Å². The molecule has 0 radical (unpaired) electrons. The molecular weight excluding hydrogens is 246 g/mol. The van der Waals surface area contributed by atoms with Gasteiger partial charge in [0.1, 0.15) is 11.6 Å². The van der Waals surface area contributed by atoms with Crippen molar-refractivity contribution in [2.75, 3.05) is 19.6 Å². The van der Waals surface area contributed by atoms with Crippen LogP contribution in [0.2, 0.25) is 0 Å². The zero-order valence-corrected chi connectivity index (χ0v) is 11.4. The molecule has 0 amide bonds. The molecule has 1 heterocycles. The van der Waals surface area contributed by atoms with E-state index < -0.39 is 11.6 Å². The first-order chi connectivity index (χ1) is 9.04. The van der Waals surface area contributed by atoms with Gasteiger partial charge >= 0.3 is 0 Å². The Morgan fingerprint density at radius 1 is 1.32 bits per heavy atom. The van der Waals surface area contributed by atoms with Gasteiger partial charge in [0.15, 0.2) is 0 Å². The molecule has 2 N–H and O–H groups in total. The van der Waals surface area contributed by atoms with Gasteiger partial charge in [0, 0.05) is 18.7 Å². The van der Waals surface area contributed by atoms with Crippen LogP contribution in [0.1, 0.15) is 37.8 Å². The first-order valence-corrected chi connectivity index (χ1v) is 6.98. The SMILES string of the molecule is CC1CCCN(CCC(N)c2cc(F)cc(F)c2)C1. The lowest BCUT2D eigenvalue weighted by Crippen LogP contribution is -2.36. The van der Waals surface area contributed by atoms with Gasteiger partial charge in [-0.25, -0.2) is 8.78 Å².